The van der Waals surface area contributed by atoms with E-state index in [1.807, 2.05) is 31.2 Å². The molecule has 3 aromatic rings. The van der Waals surface area contributed by atoms with Crippen LogP contribution in [0.5, 0.6) is 0 Å². The van der Waals surface area contributed by atoms with E-state index in [1.165, 1.54) is 0 Å². The molecule has 25 heavy (non-hydrogen) atoms. The second-order valence-corrected chi connectivity index (χ2v) is 6.51. The number of likely N-dealkylation sites (N-methyl/N-ethyl adjacent to an activating group) is 1. The van der Waals surface area contributed by atoms with Gasteiger partial charge in [-0.25, -0.2) is 4.79 Å². The van der Waals surface area contributed by atoms with Gasteiger partial charge in [0.25, 0.3) is 0 Å². The molecule has 1 fully saturated rings. The number of nitrogens with one attached hydrogen (secondary N) is 1. The SMILES string of the molecule is Cc1cc2cccc(NC(=O)N(C)CCc3noc(C4CC4)n3)c2o1. The van der Waals surface area contributed by atoms with Crippen molar-refractivity contribution >= 4 is 22.7 Å². The number of hydrogen-bond acceptors (Lipinski definition) is 5. The molecule has 0 aliphatic heterocycles. The zero-order valence-electron chi connectivity index (χ0n) is 14.3. The Labute approximate surface area is 145 Å². The van der Waals surface area contributed by atoms with Crippen molar-refractivity contribution < 1.29 is 13.7 Å². The number of aromatic nitrogens is 2. The van der Waals surface area contributed by atoms with Crippen molar-refractivity contribution in [1.82, 2.24) is 15.0 Å². The number of amides is 2. The predicted octanol–water partition coefficient (Wildman–Crippen LogP) is 3.71. The van der Waals surface area contributed by atoms with Gasteiger partial charge in [0, 0.05) is 31.3 Å². The molecule has 1 aliphatic rings. The number of aryl methyl sites for hydroxylation is 1. The van der Waals surface area contributed by atoms with Crippen molar-refractivity contribution in [2.45, 2.75) is 32.1 Å². The highest BCUT2D eigenvalue weighted by molar-refractivity contribution is 5.99. The molecule has 2 heterocycles. The quantitative estimate of drug-likeness (QED) is 0.765. The highest BCUT2D eigenvalue weighted by Gasteiger charge is 2.29. The van der Waals surface area contributed by atoms with Gasteiger partial charge >= 0.3 is 6.03 Å². The first-order valence-corrected chi connectivity index (χ1v) is 8.44. The topological polar surface area (TPSA) is 84.4 Å². The largest absolute Gasteiger partial charge is 0.459 e. The van der Waals surface area contributed by atoms with Crippen LogP contribution in [0.2, 0.25) is 0 Å². The number of anilines is 1. The number of urea groups is 1. The minimum absolute atomic E-state index is 0.201. The zero-order chi connectivity index (χ0) is 17.4. The van der Waals surface area contributed by atoms with Crippen LogP contribution in [0.4, 0.5) is 10.5 Å². The molecule has 0 spiro atoms. The number of furan rings is 1. The molecule has 1 N–H and O–H groups in total. The van der Waals surface area contributed by atoms with Crippen LogP contribution in [0.25, 0.3) is 11.0 Å². The van der Waals surface area contributed by atoms with Gasteiger partial charge < -0.3 is 19.2 Å². The summed E-state index contributed by atoms with van der Waals surface area (Å²) < 4.78 is 10.9. The maximum atomic E-state index is 12.4. The Morgan fingerprint density at radius 1 is 1.40 bits per heavy atom. The van der Waals surface area contributed by atoms with Crippen LogP contribution >= 0.6 is 0 Å². The Morgan fingerprint density at radius 2 is 2.24 bits per heavy atom. The average Bonchev–Trinajstić information content (AvgIpc) is 3.20. The molecule has 0 unspecified atom stereocenters. The summed E-state index contributed by atoms with van der Waals surface area (Å²) in [6, 6.07) is 7.43. The van der Waals surface area contributed by atoms with E-state index < -0.39 is 0 Å². The summed E-state index contributed by atoms with van der Waals surface area (Å²) in [5.74, 6) is 2.63. The number of nitrogens with zero attached hydrogens (tertiary/aromatic N) is 3. The lowest BCUT2D eigenvalue weighted by atomic mass is 10.2. The molecule has 1 saturated carbocycles. The van der Waals surface area contributed by atoms with Crippen LogP contribution in [-0.2, 0) is 6.42 Å². The van der Waals surface area contributed by atoms with Crippen LogP contribution in [-0.4, -0.2) is 34.7 Å². The Morgan fingerprint density at radius 3 is 3.04 bits per heavy atom. The van der Waals surface area contributed by atoms with Crippen molar-refractivity contribution in [2.24, 2.45) is 0 Å². The molecule has 0 atom stereocenters. The third-order valence-electron chi connectivity index (χ3n) is 4.34. The Kier molecular flexibility index (Phi) is 3.91. The van der Waals surface area contributed by atoms with E-state index in [1.54, 1.807) is 11.9 Å². The lowest BCUT2D eigenvalue weighted by molar-refractivity contribution is 0.222. The highest BCUT2D eigenvalue weighted by atomic mass is 16.5. The summed E-state index contributed by atoms with van der Waals surface area (Å²) >= 11 is 0. The molecule has 0 radical (unpaired) electrons. The van der Waals surface area contributed by atoms with E-state index in [-0.39, 0.29) is 6.03 Å². The average molecular weight is 340 g/mol. The fourth-order valence-corrected chi connectivity index (χ4v) is 2.74. The molecule has 7 heteroatoms. The van der Waals surface area contributed by atoms with E-state index in [9.17, 15) is 4.79 Å². The number of hydrogen-bond donors (Lipinski definition) is 1. The van der Waals surface area contributed by atoms with Gasteiger partial charge in [-0.05, 0) is 31.9 Å². The van der Waals surface area contributed by atoms with E-state index in [2.05, 4.69) is 15.5 Å². The summed E-state index contributed by atoms with van der Waals surface area (Å²) in [5, 5.41) is 7.84. The maximum Gasteiger partial charge on any atom is 0.321 e. The summed E-state index contributed by atoms with van der Waals surface area (Å²) in [5.41, 5.74) is 1.35. The van der Waals surface area contributed by atoms with Crippen molar-refractivity contribution in [3.8, 4) is 0 Å². The molecular formula is C18H20N4O3. The van der Waals surface area contributed by atoms with Gasteiger partial charge in [0.1, 0.15) is 5.76 Å². The molecule has 0 saturated heterocycles. The van der Waals surface area contributed by atoms with Gasteiger partial charge in [-0.2, -0.15) is 4.98 Å². The summed E-state index contributed by atoms with van der Waals surface area (Å²) in [4.78, 5) is 18.4. The number of rotatable bonds is 5. The Balaban J connectivity index is 1.37. The third kappa shape index (κ3) is 3.35. The smallest absolute Gasteiger partial charge is 0.321 e. The monoisotopic (exact) mass is 340 g/mol. The summed E-state index contributed by atoms with van der Waals surface area (Å²) in [6.07, 6.45) is 2.81. The Bertz CT molecular complexity index is 910. The molecule has 0 bridgehead atoms. The van der Waals surface area contributed by atoms with Crippen molar-refractivity contribution in [3.63, 3.8) is 0 Å². The van der Waals surface area contributed by atoms with Crippen LogP contribution in [0.1, 0.15) is 36.2 Å². The number of para-hydroxylation sites is 1. The second-order valence-electron chi connectivity index (χ2n) is 6.51. The molecule has 1 aliphatic carbocycles. The minimum atomic E-state index is -0.201. The second kappa shape index (κ2) is 6.23. The lowest BCUT2D eigenvalue weighted by Gasteiger charge is -2.17. The van der Waals surface area contributed by atoms with Gasteiger partial charge in [-0.1, -0.05) is 17.3 Å². The van der Waals surface area contributed by atoms with Crippen molar-refractivity contribution in [3.05, 3.63) is 41.7 Å². The van der Waals surface area contributed by atoms with Gasteiger partial charge in [-0.3, -0.25) is 0 Å². The van der Waals surface area contributed by atoms with E-state index in [0.29, 0.717) is 36.0 Å². The summed E-state index contributed by atoms with van der Waals surface area (Å²) in [6.45, 7) is 2.39. The van der Waals surface area contributed by atoms with E-state index >= 15 is 0 Å². The minimum Gasteiger partial charge on any atom is -0.459 e. The van der Waals surface area contributed by atoms with Gasteiger partial charge in [-0.15, -0.1) is 0 Å². The molecule has 4 rings (SSSR count). The van der Waals surface area contributed by atoms with Crippen LogP contribution < -0.4 is 5.32 Å². The zero-order valence-corrected chi connectivity index (χ0v) is 14.3. The first kappa shape index (κ1) is 15.7. The van der Waals surface area contributed by atoms with Crippen molar-refractivity contribution in [1.29, 1.82) is 0 Å². The van der Waals surface area contributed by atoms with Crippen molar-refractivity contribution in [2.75, 3.05) is 18.9 Å². The standard InChI is InChI=1S/C18H20N4O3/c1-11-10-13-4-3-5-14(16(13)24-11)19-18(23)22(2)9-8-15-20-17(25-21-15)12-6-7-12/h3-5,10,12H,6-9H2,1-2H3,(H,19,23). The lowest BCUT2D eigenvalue weighted by Crippen LogP contribution is -2.33. The molecule has 7 nitrogen and oxygen atoms in total. The van der Waals surface area contributed by atoms with Gasteiger partial charge in [0.05, 0.1) is 5.69 Å². The van der Waals surface area contributed by atoms with Gasteiger partial charge in [0.2, 0.25) is 5.89 Å². The molecule has 130 valence electrons. The molecule has 2 aromatic heterocycles. The summed E-state index contributed by atoms with van der Waals surface area (Å²) in [7, 11) is 1.74. The molecule has 1 aromatic carbocycles. The van der Waals surface area contributed by atoms with Crippen LogP contribution in [0.15, 0.2) is 33.2 Å². The van der Waals surface area contributed by atoms with E-state index in [4.69, 9.17) is 8.94 Å². The predicted molar refractivity (Wildman–Crippen MR) is 92.6 cm³/mol. The van der Waals surface area contributed by atoms with Crippen LogP contribution in [0, 0.1) is 6.92 Å². The first-order valence-electron chi connectivity index (χ1n) is 8.44. The number of carbonyl (C=O) groups is 1. The molecular weight excluding hydrogens is 320 g/mol. The third-order valence-corrected chi connectivity index (χ3v) is 4.34. The fourth-order valence-electron chi connectivity index (χ4n) is 2.74. The fraction of sp³-hybridized carbons (Fsp3) is 0.389. The molecule has 2 amide bonds. The normalized spacial score (nSPS) is 14.0. The highest BCUT2D eigenvalue weighted by Crippen LogP contribution is 2.38. The van der Waals surface area contributed by atoms with E-state index in [0.717, 1.165) is 29.9 Å². The first-order chi connectivity index (χ1) is 12.1. The van der Waals surface area contributed by atoms with Gasteiger partial charge in [0.15, 0.2) is 11.4 Å². The number of carbonyl (C=O) groups excluding carboxylic acids is 1. The maximum absolute atomic E-state index is 12.4. The number of benzene rings is 1. The Hall–Kier alpha value is -2.83. The number of fused-ring (bicyclic) bond motifs is 1. The van der Waals surface area contributed by atoms with Crippen LogP contribution in [0.3, 0.4) is 0 Å².